The van der Waals surface area contributed by atoms with Crippen LogP contribution in [0.2, 0.25) is 0 Å². The summed E-state index contributed by atoms with van der Waals surface area (Å²) in [6.07, 6.45) is 3.27. The predicted molar refractivity (Wildman–Crippen MR) is 57.7 cm³/mol. The summed E-state index contributed by atoms with van der Waals surface area (Å²) in [7, 11) is 1.40. The minimum atomic E-state index is -0.463. The average molecular weight is 208 g/mol. The van der Waals surface area contributed by atoms with E-state index in [0.29, 0.717) is 12.1 Å². The van der Waals surface area contributed by atoms with Crippen LogP contribution in [0.3, 0.4) is 0 Å². The van der Waals surface area contributed by atoms with E-state index < -0.39 is 4.92 Å². The van der Waals surface area contributed by atoms with Crippen molar-refractivity contribution in [3.05, 3.63) is 40.0 Å². The van der Waals surface area contributed by atoms with Gasteiger partial charge in [-0.15, -0.1) is 0 Å². The Morgan fingerprint density at radius 2 is 2.33 bits per heavy atom. The summed E-state index contributed by atoms with van der Waals surface area (Å²) >= 11 is 0. The van der Waals surface area contributed by atoms with Crippen molar-refractivity contribution >= 4 is 11.8 Å². The van der Waals surface area contributed by atoms with Crippen molar-refractivity contribution in [1.29, 1.82) is 0 Å². The van der Waals surface area contributed by atoms with Gasteiger partial charge in [0.15, 0.2) is 5.75 Å². The Morgan fingerprint density at radius 3 is 2.87 bits per heavy atom. The molecule has 0 aliphatic carbocycles. The number of hydrogen-bond acceptors (Lipinski definition) is 4. The van der Waals surface area contributed by atoms with Crippen LogP contribution >= 0.6 is 0 Å². The highest BCUT2D eigenvalue weighted by molar-refractivity contribution is 5.66. The number of para-hydroxylation sites is 1. The molecule has 5 nitrogen and oxygen atoms in total. The van der Waals surface area contributed by atoms with E-state index in [2.05, 4.69) is 0 Å². The van der Waals surface area contributed by atoms with Gasteiger partial charge in [0.2, 0.25) is 0 Å². The van der Waals surface area contributed by atoms with E-state index in [-0.39, 0.29) is 11.4 Å². The third-order valence-corrected chi connectivity index (χ3v) is 1.87. The number of hydrogen-bond donors (Lipinski definition) is 1. The lowest BCUT2D eigenvalue weighted by molar-refractivity contribution is -0.386. The van der Waals surface area contributed by atoms with Gasteiger partial charge >= 0.3 is 5.69 Å². The highest BCUT2D eigenvalue weighted by atomic mass is 16.6. The molecule has 5 heteroatoms. The minimum absolute atomic E-state index is 0.0373. The molecule has 1 aromatic rings. The molecule has 0 radical (unpaired) electrons. The molecule has 2 N–H and O–H groups in total. The molecule has 0 saturated heterocycles. The molecule has 0 spiro atoms. The van der Waals surface area contributed by atoms with Crippen molar-refractivity contribution in [2.24, 2.45) is 5.73 Å². The summed E-state index contributed by atoms with van der Waals surface area (Å²) in [4.78, 5) is 10.4. The second-order valence-corrected chi connectivity index (χ2v) is 2.79. The second kappa shape index (κ2) is 5.11. The number of benzene rings is 1. The molecule has 0 heterocycles. The lowest BCUT2D eigenvalue weighted by Crippen LogP contribution is -1.97. The van der Waals surface area contributed by atoms with Gasteiger partial charge in [-0.1, -0.05) is 18.2 Å². The van der Waals surface area contributed by atoms with E-state index in [9.17, 15) is 10.1 Å². The Kier molecular flexibility index (Phi) is 3.82. The number of nitrogens with zero attached hydrogens (tertiary/aromatic N) is 1. The fourth-order valence-electron chi connectivity index (χ4n) is 1.23. The molecule has 0 aliphatic heterocycles. The summed E-state index contributed by atoms with van der Waals surface area (Å²) in [6.45, 7) is 0.342. The molecule has 0 bridgehead atoms. The van der Waals surface area contributed by atoms with Gasteiger partial charge in [0.25, 0.3) is 0 Å². The van der Waals surface area contributed by atoms with Crippen LogP contribution in [0.5, 0.6) is 5.75 Å². The number of nitro benzene ring substituents is 1. The van der Waals surface area contributed by atoms with Crippen LogP contribution < -0.4 is 10.5 Å². The zero-order valence-electron chi connectivity index (χ0n) is 8.34. The average Bonchev–Trinajstić information content (AvgIpc) is 2.25. The third-order valence-electron chi connectivity index (χ3n) is 1.87. The number of nitrogens with two attached hydrogens (primary N) is 1. The fourth-order valence-corrected chi connectivity index (χ4v) is 1.23. The van der Waals surface area contributed by atoms with Gasteiger partial charge in [-0.05, 0) is 12.1 Å². The summed E-state index contributed by atoms with van der Waals surface area (Å²) in [5, 5.41) is 10.8. The Morgan fingerprint density at radius 1 is 1.60 bits per heavy atom. The molecule has 0 aliphatic rings. The molecule has 0 atom stereocenters. The van der Waals surface area contributed by atoms with E-state index in [1.807, 2.05) is 0 Å². The van der Waals surface area contributed by atoms with Gasteiger partial charge in [-0.2, -0.15) is 0 Å². The molecule has 0 fully saturated rings. The fraction of sp³-hybridized carbons (Fsp3) is 0.200. The topological polar surface area (TPSA) is 78.4 Å². The van der Waals surface area contributed by atoms with Crippen LogP contribution in [-0.4, -0.2) is 18.6 Å². The summed E-state index contributed by atoms with van der Waals surface area (Å²) in [5.74, 6) is 0.249. The first-order valence-corrected chi connectivity index (χ1v) is 4.38. The quantitative estimate of drug-likeness (QED) is 0.601. The largest absolute Gasteiger partial charge is 0.490 e. The number of nitro groups is 1. The summed E-state index contributed by atoms with van der Waals surface area (Å²) < 4.78 is 4.92. The predicted octanol–water partition coefficient (Wildman–Crippen LogP) is 1.58. The summed E-state index contributed by atoms with van der Waals surface area (Å²) in [5.41, 5.74) is 5.74. The van der Waals surface area contributed by atoms with Crippen LogP contribution in [0.4, 0.5) is 5.69 Å². The van der Waals surface area contributed by atoms with Crippen molar-refractivity contribution in [1.82, 2.24) is 0 Å². The number of ether oxygens (including phenoxy) is 1. The SMILES string of the molecule is COc1cccc(/C=C/CN)c1[N+](=O)[O-]. The molecular weight excluding hydrogens is 196 g/mol. The maximum absolute atomic E-state index is 10.8. The van der Waals surface area contributed by atoms with E-state index in [4.69, 9.17) is 10.5 Å². The highest BCUT2D eigenvalue weighted by Crippen LogP contribution is 2.31. The van der Waals surface area contributed by atoms with Crippen LogP contribution in [0.1, 0.15) is 5.56 Å². The Labute approximate surface area is 87.3 Å². The van der Waals surface area contributed by atoms with Gasteiger partial charge in [0.1, 0.15) is 0 Å². The van der Waals surface area contributed by atoms with E-state index in [1.165, 1.54) is 7.11 Å². The third kappa shape index (κ3) is 2.54. The standard InChI is InChI=1S/C10H12N2O3/c1-15-9-6-2-4-8(5-3-7-11)10(9)12(13)14/h2-6H,7,11H2,1H3/b5-3+. The number of methoxy groups -OCH3 is 1. The molecular formula is C10H12N2O3. The second-order valence-electron chi connectivity index (χ2n) is 2.79. The molecule has 80 valence electrons. The Bertz CT molecular complexity index is 388. The molecule has 1 rings (SSSR count). The smallest absolute Gasteiger partial charge is 0.318 e. The first kappa shape index (κ1) is 11.2. The normalized spacial score (nSPS) is 10.5. The molecule has 1 aromatic carbocycles. The van der Waals surface area contributed by atoms with Crippen LogP contribution in [0, 0.1) is 10.1 Å². The van der Waals surface area contributed by atoms with Gasteiger partial charge in [0.05, 0.1) is 17.6 Å². The first-order chi connectivity index (χ1) is 7.20. The first-order valence-electron chi connectivity index (χ1n) is 4.38. The van der Waals surface area contributed by atoms with Crippen molar-refractivity contribution in [2.75, 3.05) is 13.7 Å². The number of rotatable bonds is 4. The van der Waals surface area contributed by atoms with Gasteiger partial charge < -0.3 is 10.5 Å². The minimum Gasteiger partial charge on any atom is -0.490 e. The highest BCUT2D eigenvalue weighted by Gasteiger charge is 2.17. The van der Waals surface area contributed by atoms with Crippen molar-refractivity contribution < 1.29 is 9.66 Å². The molecule has 15 heavy (non-hydrogen) atoms. The zero-order chi connectivity index (χ0) is 11.3. The van der Waals surface area contributed by atoms with Crippen LogP contribution in [0.15, 0.2) is 24.3 Å². The molecule has 0 saturated carbocycles. The monoisotopic (exact) mass is 208 g/mol. The van der Waals surface area contributed by atoms with Crippen molar-refractivity contribution in [3.63, 3.8) is 0 Å². The van der Waals surface area contributed by atoms with Gasteiger partial charge in [0, 0.05) is 6.54 Å². The van der Waals surface area contributed by atoms with E-state index in [1.54, 1.807) is 30.4 Å². The zero-order valence-corrected chi connectivity index (χ0v) is 8.34. The lowest BCUT2D eigenvalue weighted by atomic mass is 10.1. The van der Waals surface area contributed by atoms with Gasteiger partial charge in [-0.25, -0.2) is 0 Å². The van der Waals surface area contributed by atoms with Crippen LogP contribution in [-0.2, 0) is 0 Å². The van der Waals surface area contributed by atoms with Gasteiger partial charge in [-0.3, -0.25) is 10.1 Å². The maximum atomic E-state index is 10.8. The Hall–Kier alpha value is -1.88. The molecule has 0 amide bonds. The summed E-state index contributed by atoms with van der Waals surface area (Å²) in [6, 6.07) is 4.90. The Balaban J connectivity index is 3.25. The lowest BCUT2D eigenvalue weighted by Gasteiger charge is -2.03. The van der Waals surface area contributed by atoms with Crippen molar-refractivity contribution in [3.8, 4) is 5.75 Å². The van der Waals surface area contributed by atoms with E-state index in [0.717, 1.165) is 0 Å². The molecule has 0 aromatic heterocycles. The van der Waals surface area contributed by atoms with Crippen molar-refractivity contribution in [2.45, 2.75) is 0 Å². The van der Waals surface area contributed by atoms with E-state index >= 15 is 0 Å². The van der Waals surface area contributed by atoms with Crippen LogP contribution in [0.25, 0.3) is 6.08 Å². The molecule has 0 unspecified atom stereocenters. The maximum Gasteiger partial charge on any atom is 0.318 e.